The highest BCUT2D eigenvalue weighted by atomic mass is 19.1. The molecule has 3 aromatic rings. The van der Waals surface area contributed by atoms with Crippen LogP contribution in [0.1, 0.15) is 11.5 Å². The van der Waals surface area contributed by atoms with Crippen molar-refractivity contribution in [2.45, 2.75) is 13.1 Å². The van der Waals surface area contributed by atoms with E-state index < -0.39 is 0 Å². The third-order valence-corrected chi connectivity index (χ3v) is 5.43. The molecule has 1 aliphatic heterocycles. The minimum Gasteiger partial charge on any atom is -0.496 e. The molecule has 0 bridgehead atoms. The zero-order valence-corrected chi connectivity index (χ0v) is 16.4. The molecule has 0 radical (unpaired) electrons. The van der Waals surface area contributed by atoms with Crippen LogP contribution in [0.2, 0.25) is 0 Å². The van der Waals surface area contributed by atoms with Crippen molar-refractivity contribution < 1.29 is 27.7 Å². The summed E-state index contributed by atoms with van der Waals surface area (Å²) in [5, 5.41) is 0. The summed E-state index contributed by atoms with van der Waals surface area (Å²) in [6, 6.07) is 10.9. The van der Waals surface area contributed by atoms with E-state index in [-0.39, 0.29) is 11.6 Å². The molecule has 4 rings (SSSR count). The molecular formula is C22H25F2N3O2+2. The normalized spacial score (nSPS) is 19.3. The van der Waals surface area contributed by atoms with Crippen molar-refractivity contribution in [3.63, 3.8) is 0 Å². The fourth-order valence-electron chi connectivity index (χ4n) is 3.82. The number of oxazole rings is 1. The quantitative estimate of drug-likeness (QED) is 0.651. The molecule has 7 heteroatoms. The molecule has 1 aromatic heterocycles. The second kappa shape index (κ2) is 8.71. The summed E-state index contributed by atoms with van der Waals surface area (Å²) in [6.07, 6.45) is 1.69. The fourth-order valence-corrected chi connectivity index (χ4v) is 3.82. The van der Waals surface area contributed by atoms with E-state index in [1.54, 1.807) is 37.6 Å². The summed E-state index contributed by atoms with van der Waals surface area (Å²) in [7, 11) is 1.62. The lowest BCUT2D eigenvalue weighted by atomic mass is 10.1. The van der Waals surface area contributed by atoms with Gasteiger partial charge in [-0.05, 0) is 42.5 Å². The summed E-state index contributed by atoms with van der Waals surface area (Å²) < 4.78 is 37.9. The van der Waals surface area contributed by atoms with Crippen LogP contribution in [0.3, 0.4) is 0 Å². The Labute approximate surface area is 168 Å². The van der Waals surface area contributed by atoms with Crippen LogP contribution < -0.4 is 14.5 Å². The second-order valence-corrected chi connectivity index (χ2v) is 7.43. The smallest absolute Gasteiger partial charge is 0.250 e. The van der Waals surface area contributed by atoms with E-state index in [1.165, 1.54) is 28.0 Å². The number of hydrogen-bond acceptors (Lipinski definition) is 3. The van der Waals surface area contributed by atoms with Gasteiger partial charge in [0.2, 0.25) is 0 Å². The van der Waals surface area contributed by atoms with Gasteiger partial charge in [0, 0.05) is 5.56 Å². The second-order valence-electron chi connectivity index (χ2n) is 7.43. The lowest BCUT2D eigenvalue weighted by molar-refractivity contribution is -1.02. The topological polar surface area (TPSA) is 44.1 Å². The van der Waals surface area contributed by atoms with Crippen LogP contribution in [0, 0.1) is 11.6 Å². The van der Waals surface area contributed by atoms with Crippen molar-refractivity contribution >= 4 is 0 Å². The highest BCUT2D eigenvalue weighted by Gasteiger charge is 2.25. The summed E-state index contributed by atoms with van der Waals surface area (Å²) in [4.78, 5) is 7.21. The maximum atomic E-state index is 13.6. The van der Waals surface area contributed by atoms with Gasteiger partial charge in [0.1, 0.15) is 50.1 Å². The Morgan fingerprint density at radius 1 is 0.931 bits per heavy atom. The predicted octanol–water partition coefficient (Wildman–Crippen LogP) is 1.11. The minimum absolute atomic E-state index is 0.231. The highest BCUT2D eigenvalue weighted by Crippen LogP contribution is 2.20. The van der Waals surface area contributed by atoms with Gasteiger partial charge in [-0.2, -0.15) is 0 Å². The molecule has 1 saturated heterocycles. The molecule has 0 unspecified atom stereocenters. The van der Waals surface area contributed by atoms with Gasteiger partial charge >= 0.3 is 0 Å². The maximum absolute atomic E-state index is 13.6. The molecule has 0 atom stereocenters. The lowest BCUT2D eigenvalue weighted by Gasteiger charge is -2.29. The number of aromatic nitrogens is 1. The van der Waals surface area contributed by atoms with Crippen LogP contribution >= 0.6 is 0 Å². The Hall–Kier alpha value is -2.77. The van der Waals surface area contributed by atoms with Crippen molar-refractivity contribution in [2.75, 3.05) is 33.3 Å². The summed E-state index contributed by atoms with van der Waals surface area (Å²) >= 11 is 0. The molecule has 1 fully saturated rings. The van der Waals surface area contributed by atoms with Gasteiger partial charge in [0.15, 0.2) is 12.3 Å². The molecule has 2 heterocycles. The zero-order valence-electron chi connectivity index (χ0n) is 16.4. The zero-order chi connectivity index (χ0) is 20.2. The Morgan fingerprint density at radius 2 is 1.59 bits per heavy atom. The van der Waals surface area contributed by atoms with Gasteiger partial charge < -0.3 is 19.0 Å². The first-order chi connectivity index (χ1) is 14.1. The Bertz CT molecular complexity index is 951. The van der Waals surface area contributed by atoms with E-state index in [2.05, 4.69) is 4.98 Å². The molecule has 2 N–H and O–H groups in total. The molecule has 0 amide bonds. The van der Waals surface area contributed by atoms with Crippen LogP contribution in [-0.2, 0) is 13.1 Å². The maximum Gasteiger partial charge on any atom is 0.250 e. The van der Waals surface area contributed by atoms with Crippen LogP contribution in [0.4, 0.5) is 8.78 Å². The molecule has 0 saturated carbocycles. The average molecular weight is 401 g/mol. The first-order valence-corrected chi connectivity index (χ1v) is 9.81. The molecule has 152 valence electrons. The van der Waals surface area contributed by atoms with E-state index in [4.69, 9.17) is 9.15 Å². The number of quaternary nitrogens is 2. The van der Waals surface area contributed by atoms with Crippen LogP contribution in [0.5, 0.6) is 5.75 Å². The summed E-state index contributed by atoms with van der Waals surface area (Å²) in [5.41, 5.74) is 1.72. The first-order valence-electron chi connectivity index (χ1n) is 9.81. The van der Waals surface area contributed by atoms with Gasteiger partial charge in [0.25, 0.3) is 5.89 Å². The van der Waals surface area contributed by atoms with Gasteiger partial charge in [0.05, 0.1) is 18.9 Å². The van der Waals surface area contributed by atoms with E-state index in [1.807, 2.05) is 0 Å². The molecule has 29 heavy (non-hydrogen) atoms. The van der Waals surface area contributed by atoms with Crippen LogP contribution in [0.15, 0.2) is 53.1 Å². The molecule has 0 spiro atoms. The number of hydrogen-bond donors (Lipinski definition) is 2. The standard InChI is InChI=1S/C22H23F2N3O2/c1-28-20-7-6-19(24)12-17(20)14-26-8-10-27(11-9-26)15-22-25-13-21(29-22)16-2-4-18(23)5-3-16/h2-7,12-13H,8-11,14-15H2,1H3/p+2. The van der Waals surface area contributed by atoms with E-state index >= 15 is 0 Å². The predicted molar refractivity (Wildman–Crippen MR) is 104 cm³/mol. The number of halogens is 2. The van der Waals surface area contributed by atoms with E-state index in [0.29, 0.717) is 11.7 Å². The van der Waals surface area contributed by atoms with Crippen LogP contribution in [0.25, 0.3) is 11.3 Å². The number of methoxy groups -OCH3 is 1. The lowest BCUT2D eigenvalue weighted by Crippen LogP contribution is -3.27. The molecule has 2 aromatic carbocycles. The summed E-state index contributed by atoms with van der Waals surface area (Å²) in [5.74, 6) is 1.58. The Kier molecular flexibility index (Phi) is 5.87. The first kappa shape index (κ1) is 19.5. The molecule has 5 nitrogen and oxygen atoms in total. The Balaban J connectivity index is 1.31. The number of rotatable bonds is 6. The van der Waals surface area contributed by atoms with Gasteiger partial charge in [-0.15, -0.1) is 0 Å². The van der Waals surface area contributed by atoms with Gasteiger partial charge in [-0.3, -0.25) is 0 Å². The van der Waals surface area contributed by atoms with E-state index in [9.17, 15) is 8.78 Å². The number of nitrogens with zero attached hydrogens (tertiary/aromatic N) is 1. The van der Waals surface area contributed by atoms with Crippen molar-refractivity contribution in [2.24, 2.45) is 0 Å². The largest absolute Gasteiger partial charge is 0.496 e. The number of nitrogens with one attached hydrogen (secondary N) is 2. The molecule has 1 aliphatic rings. The van der Waals surface area contributed by atoms with Gasteiger partial charge in [-0.25, -0.2) is 13.8 Å². The number of ether oxygens (including phenoxy) is 1. The monoisotopic (exact) mass is 401 g/mol. The van der Waals surface area contributed by atoms with E-state index in [0.717, 1.165) is 56.1 Å². The SMILES string of the molecule is COc1ccc(F)cc1C[NH+]1CC[NH+](Cc2ncc(-c3ccc(F)cc3)o2)CC1. The van der Waals surface area contributed by atoms with Crippen molar-refractivity contribution in [3.8, 4) is 17.1 Å². The van der Waals surface area contributed by atoms with Crippen molar-refractivity contribution in [1.29, 1.82) is 0 Å². The highest BCUT2D eigenvalue weighted by molar-refractivity contribution is 5.55. The molecule has 0 aliphatic carbocycles. The minimum atomic E-state index is -0.269. The third-order valence-electron chi connectivity index (χ3n) is 5.43. The van der Waals surface area contributed by atoms with Crippen molar-refractivity contribution in [3.05, 3.63) is 71.8 Å². The Morgan fingerprint density at radius 3 is 2.28 bits per heavy atom. The molecular weight excluding hydrogens is 376 g/mol. The fraction of sp³-hybridized carbons (Fsp3) is 0.318. The van der Waals surface area contributed by atoms with Crippen molar-refractivity contribution in [1.82, 2.24) is 4.98 Å². The number of benzene rings is 2. The average Bonchev–Trinajstić information content (AvgIpc) is 3.19. The van der Waals surface area contributed by atoms with Crippen LogP contribution in [-0.4, -0.2) is 38.3 Å². The summed E-state index contributed by atoms with van der Waals surface area (Å²) in [6.45, 7) is 5.42. The number of piperazine rings is 1. The van der Waals surface area contributed by atoms with Gasteiger partial charge in [-0.1, -0.05) is 0 Å². The third kappa shape index (κ3) is 4.81.